The van der Waals surface area contributed by atoms with Crippen LogP contribution in [-0.4, -0.2) is 30.6 Å². The van der Waals surface area contributed by atoms with Crippen LogP contribution in [0.3, 0.4) is 0 Å². The van der Waals surface area contributed by atoms with Crippen molar-refractivity contribution in [2.75, 3.05) is 13.1 Å². The van der Waals surface area contributed by atoms with Crippen LogP contribution in [0.1, 0.15) is 52.9 Å². The molecule has 1 aliphatic carbocycles. The first-order valence-electron chi connectivity index (χ1n) is 6.79. The lowest BCUT2D eigenvalue weighted by atomic mass is 9.96. The van der Waals surface area contributed by atoms with E-state index in [9.17, 15) is 0 Å². The van der Waals surface area contributed by atoms with Gasteiger partial charge in [0.05, 0.1) is 6.54 Å². The topological polar surface area (TPSA) is 62.4 Å². The molecular formula is C13H28N4. The van der Waals surface area contributed by atoms with Crippen LogP contribution < -0.4 is 16.4 Å². The van der Waals surface area contributed by atoms with Crippen molar-refractivity contribution in [3.8, 4) is 0 Å². The summed E-state index contributed by atoms with van der Waals surface area (Å²) in [4.78, 5) is 4.34. The molecule has 0 saturated heterocycles. The molecule has 0 atom stereocenters. The third-order valence-electron chi connectivity index (χ3n) is 3.01. The van der Waals surface area contributed by atoms with Gasteiger partial charge in [0.2, 0.25) is 0 Å². The fraction of sp³-hybridized carbons (Fsp3) is 0.923. The molecule has 4 N–H and O–H groups in total. The Labute approximate surface area is 105 Å². The van der Waals surface area contributed by atoms with Crippen LogP contribution in [0.4, 0.5) is 0 Å². The molecule has 1 aliphatic rings. The van der Waals surface area contributed by atoms with Gasteiger partial charge < -0.3 is 16.4 Å². The van der Waals surface area contributed by atoms with E-state index in [0.717, 1.165) is 13.1 Å². The molecule has 1 rings (SSSR count). The van der Waals surface area contributed by atoms with E-state index in [0.29, 0.717) is 12.0 Å². The molecule has 100 valence electrons. The average molecular weight is 240 g/mol. The fourth-order valence-electron chi connectivity index (χ4n) is 2.11. The summed E-state index contributed by atoms with van der Waals surface area (Å²) in [6, 6.07) is 0.545. The van der Waals surface area contributed by atoms with Gasteiger partial charge in [0, 0.05) is 18.1 Å². The lowest BCUT2D eigenvalue weighted by molar-refractivity contribution is 0.411. The van der Waals surface area contributed by atoms with Crippen molar-refractivity contribution in [1.29, 1.82) is 0 Å². The largest absolute Gasteiger partial charge is 0.370 e. The number of rotatable bonds is 4. The minimum atomic E-state index is 0.154. The fourth-order valence-corrected chi connectivity index (χ4v) is 2.11. The van der Waals surface area contributed by atoms with Crippen molar-refractivity contribution in [2.45, 2.75) is 64.5 Å². The van der Waals surface area contributed by atoms with Gasteiger partial charge in [-0.3, -0.25) is 4.99 Å². The average Bonchev–Trinajstić information content (AvgIpc) is 2.25. The Morgan fingerprint density at radius 3 is 2.47 bits per heavy atom. The predicted octanol–water partition coefficient (Wildman–Crippen LogP) is 1.61. The van der Waals surface area contributed by atoms with E-state index in [1.54, 1.807) is 0 Å². The molecule has 0 unspecified atom stereocenters. The van der Waals surface area contributed by atoms with Crippen molar-refractivity contribution >= 4 is 5.96 Å². The highest BCUT2D eigenvalue weighted by atomic mass is 15.1. The molecule has 1 fully saturated rings. The van der Waals surface area contributed by atoms with Crippen LogP contribution in [0, 0.1) is 0 Å². The van der Waals surface area contributed by atoms with E-state index in [4.69, 9.17) is 5.73 Å². The van der Waals surface area contributed by atoms with E-state index < -0.39 is 0 Å². The van der Waals surface area contributed by atoms with Crippen molar-refractivity contribution < 1.29 is 0 Å². The molecular weight excluding hydrogens is 212 g/mol. The molecule has 0 heterocycles. The Bertz CT molecular complexity index is 236. The summed E-state index contributed by atoms with van der Waals surface area (Å²) < 4.78 is 0. The van der Waals surface area contributed by atoms with Gasteiger partial charge in [-0.1, -0.05) is 19.3 Å². The third-order valence-corrected chi connectivity index (χ3v) is 3.01. The third kappa shape index (κ3) is 7.21. The molecule has 0 radical (unpaired) electrons. The lowest BCUT2D eigenvalue weighted by Gasteiger charge is -2.23. The van der Waals surface area contributed by atoms with E-state index in [1.165, 1.54) is 32.1 Å². The second-order valence-corrected chi connectivity index (χ2v) is 5.92. The van der Waals surface area contributed by atoms with E-state index in [2.05, 4.69) is 36.4 Å². The number of nitrogens with zero attached hydrogens (tertiary/aromatic N) is 1. The summed E-state index contributed by atoms with van der Waals surface area (Å²) in [7, 11) is 0. The van der Waals surface area contributed by atoms with Crippen molar-refractivity contribution in [2.24, 2.45) is 10.7 Å². The summed E-state index contributed by atoms with van der Waals surface area (Å²) in [6.45, 7) is 8.07. The molecule has 0 spiro atoms. The van der Waals surface area contributed by atoms with E-state index in [1.807, 2.05) is 0 Å². The summed E-state index contributed by atoms with van der Waals surface area (Å²) in [6.07, 6.45) is 6.46. The zero-order valence-electron chi connectivity index (χ0n) is 11.6. The Morgan fingerprint density at radius 2 is 1.88 bits per heavy atom. The van der Waals surface area contributed by atoms with Crippen molar-refractivity contribution in [3.05, 3.63) is 0 Å². The molecule has 0 aromatic carbocycles. The number of nitrogens with one attached hydrogen (secondary N) is 2. The molecule has 0 bridgehead atoms. The van der Waals surface area contributed by atoms with Crippen LogP contribution in [-0.2, 0) is 0 Å². The van der Waals surface area contributed by atoms with Crippen LogP contribution in [0.25, 0.3) is 0 Å². The van der Waals surface area contributed by atoms with Crippen LogP contribution in [0.15, 0.2) is 4.99 Å². The van der Waals surface area contributed by atoms with E-state index >= 15 is 0 Å². The second-order valence-electron chi connectivity index (χ2n) is 5.92. The summed E-state index contributed by atoms with van der Waals surface area (Å²) >= 11 is 0. The minimum Gasteiger partial charge on any atom is -0.370 e. The maximum Gasteiger partial charge on any atom is 0.188 e. The lowest BCUT2D eigenvalue weighted by Crippen LogP contribution is -2.42. The molecule has 17 heavy (non-hydrogen) atoms. The maximum absolute atomic E-state index is 5.87. The van der Waals surface area contributed by atoms with E-state index in [-0.39, 0.29) is 5.54 Å². The first kappa shape index (κ1) is 14.3. The number of guanidine groups is 1. The highest BCUT2D eigenvalue weighted by molar-refractivity contribution is 5.78. The van der Waals surface area contributed by atoms with Gasteiger partial charge in [0.1, 0.15) is 0 Å². The van der Waals surface area contributed by atoms with Gasteiger partial charge in [-0.25, -0.2) is 0 Å². The maximum atomic E-state index is 5.87. The summed E-state index contributed by atoms with van der Waals surface area (Å²) in [5.74, 6) is 0.604. The molecule has 4 heteroatoms. The molecule has 0 aromatic rings. The van der Waals surface area contributed by atoms with Gasteiger partial charge in [0.15, 0.2) is 5.96 Å². The molecule has 1 saturated carbocycles. The van der Waals surface area contributed by atoms with Gasteiger partial charge in [-0.15, -0.1) is 0 Å². The number of hydrogen-bond donors (Lipinski definition) is 3. The Kier molecular flexibility index (Phi) is 5.75. The predicted molar refractivity (Wildman–Crippen MR) is 74.3 cm³/mol. The van der Waals surface area contributed by atoms with Crippen LogP contribution >= 0.6 is 0 Å². The molecule has 0 aromatic heterocycles. The number of hydrogen-bond acceptors (Lipinski definition) is 2. The molecule has 4 nitrogen and oxygen atoms in total. The minimum absolute atomic E-state index is 0.154. The monoisotopic (exact) mass is 240 g/mol. The Balaban J connectivity index is 2.15. The quantitative estimate of drug-likeness (QED) is 0.397. The summed E-state index contributed by atoms with van der Waals surface area (Å²) in [5, 5.41) is 6.71. The highest BCUT2D eigenvalue weighted by Crippen LogP contribution is 2.16. The Morgan fingerprint density at radius 1 is 1.24 bits per heavy atom. The smallest absolute Gasteiger partial charge is 0.188 e. The number of nitrogens with two attached hydrogens (primary N) is 1. The van der Waals surface area contributed by atoms with Gasteiger partial charge in [-0.2, -0.15) is 0 Å². The standard InChI is InChI=1S/C13H28N4/c1-13(2,3)16-10-9-15-12(14)17-11-7-5-4-6-8-11/h11,16H,4-10H2,1-3H3,(H3,14,15,17). The van der Waals surface area contributed by atoms with Gasteiger partial charge in [-0.05, 0) is 33.6 Å². The van der Waals surface area contributed by atoms with Crippen molar-refractivity contribution in [3.63, 3.8) is 0 Å². The highest BCUT2D eigenvalue weighted by Gasteiger charge is 2.13. The zero-order valence-corrected chi connectivity index (χ0v) is 11.6. The van der Waals surface area contributed by atoms with Crippen LogP contribution in [0.2, 0.25) is 0 Å². The number of aliphatic imine (C=N–C) groups is 1. The first-order chi connectivity index (χ1) is 7.97. The zero-order chi connectivity index (χ0) is 12.7. The van der Waals surface area contributed by atoms with Gasteiger partial charge in [0.25, 0.3) is 0 Å². The van der Waals surface area contributed by atoms with Crippen LogP contribution in [0.5, 0.6) is 0 Å². The first-order valence-corrected chi connectivity index (χ1v) is 6.79. The second kappa shape index (κ2) is 6.84. The Hall–Kier alpha value is -0.770. The molecule has 0 amide bonds. The molecule has 0 aliphatic heterocycles. The van der Waals surface area contributed by atoms with Gasteiger partial charge >= 0.3 is 0 Å². The van der Waals surface area contributed by atoms with Crippen molar-refractivity contribution in [1.82, 2.24) is 10.6 Å². The summed E-state index contributed by atoms with van der Waals surface area (Å²) in [5.41, 5.74) is 6.02. The SMILES string of the molecule is CC(C)(C)NCCN=C(N)NC1CCCCC1. The normalized spacial score (nSPS) is 19.4.